The fourth-order valence-electron chi connectivity index (χ4n) is 1.85. The van der Waals surface area contributed by atoms with Gasteiger partial charge in [0.2, 0.25) is 0 Å². The maximum absolute atomic E-state index is 10.3. The van der Waals surface area contributed by atoms with Gasteiger partial charge in [-0.1, -0.05) is 38.1 Å². The van der Waals surface area contributed by atoms with Crippen molar-refractivity contribution in [2.45, 2.75) is 51.7 Å². The fourth-order valence-corrected chi connectivity index (χ4v) is 1.85. The summed E-state index contributed by atoms with van der Waals surface area (Å²) in [5.74, 6) is 0. The van der Waals surface area contributed by atoms with Gasteiger partial charge in [-0.2, -0.15) is 0 Å². The van der Waals surface area contributed by atoms with E-state index < -0.39 is 11.2 Å². The summed E-state index contributed by atoms with van der Waals surface area (Å²) in [6, 6.07) is 7.57. The summed E-state index contributed by atoms with van der Waals surface area (Å²) < 4.78 is 0. The maximum atomic E-state index is 10.3. The monoisotopic (exact) mass is 222 g/mol. The minimum Gasteiger partial charge on any atom is -0.386 e. The molecule has 0 saturated heterocycles. The Morgan fingerprint density at radius 2 is 1.25 bits per heavy atom. The molecule has 90 valence electrons. The lowest BCUT2D eigenvalue weighted by Gasteiger charge is -2.27. The van der Waals surface area contributed by atoms with Gasteiger partial charge in [-0.05, 0) is 37.8 Å². The zero-order chi connectivity index (χ0) is 12.4. The molecule has 0 aliphatic heterocycles. The van der Waals surface area contributed by atoms with Crippen molar-refractivity contribution in [1.29, 1.82) is 0 Å². The first-order valence-corrected chi connectivity index (χ1v) is 5.89. The zero-order valence-corrected chi connectivity index (χ0v) is 10.6. The molecular formula is C14H22O2. The van der Waals surface area contributed by atoms with Crippen molar-refractivity contribution >= 4 is 0 Å². The topological polar surface area (TPSA) is 40.5 Å². The summed E-state index contributed by atoms with van der Waals surface area (Å²) in [7, 11) is 0. The maximum Gasteiger partial charge on any atom is 0.0891 e. The molecule has 2 heteroatoms. The minimum absolute atomic E-state index is 0.700. The highest BCUT2D eigenvalue weighted by Crippen LogP contribution is 2.30. The highest BCUT2D eigenvalue weighted by Gasteiger charge is 2.25. The van der Waals surface area contributed by atoms with Crippen LogP contribution in [0.2, 0.25) is 0 Å². The van der Waals surface area contributed by atoms with Crippen LogP contribution in [-0.4, -0.2) is 10.2 Å². The van der Waals surface area contributed by atoms with Crippen LogP contribution in [-0.2, 0) is 11.2 Å². The molecule has 0 aliphatic carbocycles. The molecule has 16 heavy (non-hydrogen) atoms. The molecule has 0 saturated carbocycles. The van der Waals surface area contributed by atoms with Crippen LogP contribution in [0.3, 0.4) is 0 Å². The second-order valence-corrected chi connectivity index (χ2v) is 4.88. The van der Waals surface area contributed by atoms with E-state index in [1.807, 2.05) is 38.1 Å². The molecule has 0 radical (unpaired) electrons. The molecule has 1 rings (SSSR count). The molecule has 2 nitrogen and oxygen atoms in total. The molecule has 0 fully saturated rings. The Balaban J connectivity index is 3.04. The molecule has 1 aromatic carbocycles. The van der Waals surface area contributed by atoms with Crippen LogP contribution in [0.4, 0.5) is 0 Å². The summed E-state index contributed by atoms with van der Waals surface area (Å²) in [4.78, 5) is 0. The first-order chi connectivity index (χ1) is 7.33. The predicted molar refractivity (Wildman–Crippen MR) is 66.2 cm³/mol. The van der Waals surface area contributed by atoms with Crippen LogP contribution >= 0.6 is 0 Å². The van der Waals surface area contributed by atoms with Crippen LogP contribution in [0.15, 0.2) is 24.3 Å². The van der Waals surface area contributed by atoms with Gasteiger partial charge in [0.15, 0.2) is 0 Å². The van der Waals surface area contributed by atoms with Gasteiger partial charge in [0.25, 0.3) is 0 Å². The standard InChI is InChI=1S/C14H22O2/c1-5-14(16,6-2)12-9-7-11(8-10-12)13(3,4)15/h7-10,15-16H,5-6H2,1-4H3. The van der Waals surface area contributed by atoms with E-state index >= 15 is 0 Å². The number of benzene rings is 1. The van der Waals surface area contributed by atoms with Crippen molar-refractivity contribution in [3.63, 3.8) is 0 Å². The van der Waals surface area contributed by atoms with Gasteiger partial charge < -0.3 is 10.2 Å². The molecule has 0 aliphatic rings. The van der Waals surface area contributed by atoms with Crippen molar-refractivity contribution < 1.29 is 10.2 Å². The lowest BCUT2D eigenvalue weighted by molar-refractivity contribution is 0.0281. The van der Waals surface area contributed by atoms with E-state index in [4.69, 9.17) is 0 Å². The Morgan fingerprint density at radius 3 is 1.56 bits per heavy atom. The smallest absolute Gasteiger partial charge is 0.0891 e. The van der Waals surface area contributed by atoms with Crippen LogP contribution in [0.25, 0.3) is 0 Å². The predicted octanol–water partition coefficient (Wildman–Crippen LogP) is 2.92. The SMILES string of the molecule is CCC(O)(CC)c1ccc(C(C)(C)O)cc1. The van der Waals surface area contributed by atoms with Crippen molar-refractivity contribution in [1.82, 2.24) is 0 Å². The third-order valence-corrected chi connectivity index (χ3v) is 3.30. The molecule has 0 spiro atoms. The van der Waals surface area contributed by atoms with Gasteiger partial charge in [0.05, 0.1) is 11.2 Å². The van der Waals surface area contributed by atoms with E-state index in [1.165, 1.54) is 0 Å². The molecule has 0 bridgehead atoms. The number of aliphatic hydroxyl groups is 2. The van der Waals surface area contributed by atoms with Gasteiger partial charge >= 0.3 is 0 Å². The molecule has 0 aromatic heterocycles. The first-order valence-electron chi connectivity index (χ1n) is 5.89. The average Bonchev–Trinajstić information content (AvgIpc) is 2.27. The van der Waals surface area contributed by atoms with E-state index in [1.54, 1.807) is 13.8 Å². The Bertz CT molecular complexity index is 329. The van der Waals surface area contributed by atoms with E-state index in [0.717, 1.165) is 11.1 Å². The highest BCUT2D eigenvalue weighted by atomic mass is 16.3. The Morgan fingerprint density at radius 1 is 0.875 bits per heavy atom. The van der Waals surface area contributed by atoms with E-state index in [0.29, 0.717) is 12.8 Å². The van der Waals surface area contributed by atoms with Crippen LogP contribution in [0, 0.1) is 0 Å². The summed E-state index contributed by atoms with van der Waals surface area (Å²) in [5.41, 5.74) is 0.226. The van der Waals surface area contributed by atoms with Crippen molar-refractivity contribution in [2.24, 2.45) is 0 Å². The molecule has 0 atom stereocenters. The fraction of sp³-hybridized carbons (Fsp3) is 0.571. The highest BCUT2D eigenvalue weighted by molar-refractivity contribution is 5.29. The van der Waals surface area contributed by atoms with Crippen LogP contribution in [0.5, 0.6) is 0 Å². The van der Waals surface area contributed by atoms with E-state index in [9.17, 15) is 10.2 Å². The number of hydrogen-bond acceptors (Lipinski definition) is 2. The quantitative estimate of drug-likeness (QED) is 0.822. The van der Waals surface area contributed by atoms with Gasteiger partial charge in [-0.3, -0.25) is 0 Å². The Kier molecular flexibility index (Phi) is 3.76. The number of rotatable bonds is 4. The van der Waals surface area contributed by atoms with Gasteiger partial charge in [0.1, 0.15) is 0 Å². The second-order valence-electron chi connectivity index (χ2n) is 4.88. The molecule has 0 unspecified atom stereocenters. The van der Waals surface area contributed by atoms with Gasteiger partial charge in [-0.15, -0.1) is 0 Å². The first kappa shape index (κ1) is 13.2. The van der Waals surface area contributed by atoms with E-state index in [-0.39, 0.29) is 0 Å². The van der Waals surface area contributed by atoms with Crippen molar-refractivity contribution in [3.05, 3.63) is 35.4 Å². The lowest BCUT2D eigenvalue weighted by atomic mass is 9.87. The van der Waals surface area contributed by atoms with Gasteiger partial charge in [0, 0.05) is 0 Å². The average molecular weight is 222 g/mol. The Labute approximate surface area is 97.9 Å². The third kappa shape index (κ3) is 2.63. The van der Waals surface area contributed by atoms with Gasteiger partial charge in [-0.25, -0.2) is 0 Å². The van der Waals surface area contributed by atoms with E-state index in [2.05, 4.69) is 0 Å². The second kappa shape index (κ2) is 4.56. The largest absolute Gasteiger partial charge is 0.386 e. The van der Waals surface area contributed by atoms with Crippen LogP contribution in [0.1, 0.15) is 51.7 Å². The summed E-state index contributed by atoms with van der Waals surface area (Å²) in [5, 5.41) is 20.2. The van der Waals surface area contributed by atoms with Crippen molar-refractivity contribution in [3.8, 4) is 0 Å². The number of hydrogen-bond donors (Lipinski definition) is 2. The molecule has 1 aromatic rings. The Hall–Kier alpha value is -0.860. The molecule has 0 heterocycles. The summed E-state index contributed by atoms with van der Waals surface area (Å²) >= 11 is 0. The molecule has 0 amide bonds. The normalized spacial score (nSPS) is 12.9. The summed E-state index contributed by atoms with van der Waals surface area (Å²) in [6.07, 6.45) is 1.40. The molecule has 2 N–H and O–H groups in total. The minimum atomic E-state index is -0.824. The summed E-state index contributed by atoms with van der Waals surface area (Å²) in [6.45, 7) is 7.47. The molecular weight excluding hydrogens is 200 g/mol. The third-order valence-electron chi connectivity index (χ3n) is 3.30. The van der Waals surface area contributed by atoms with Crippen molar-refractivity contribution in [2.75, 3.05) is 0 Å². The van der Waals surface area contributed by atoms with Crippen LogP contribution < -0.4 is 0 Å². The lowest BCUT2D eigenvalue weighted by Crippen LogP contribution is -2.24. The zero-order valence-electron chi connectivity index (χ0n) is 10.6.